The van der Waals surface area contributed by atoms with E-state index in [-0.39, 0.29) is 11.4 Å². The number of ether oxygens (including phenoxy) is 1. The Hall–Kier alpha value is -2.90. The average Bonchev–Trinajstić information content (AvgIpc) is 2.82. The summed E-state index contributed by atoms with van der Waals surface area (Å²) in [6.45, 7) is 1.22. The number of carbonyl (C=O) groups excluding carboxylic acids is 2. The molecule has 1 amide bonds. The van der Waals surface area contributed by atoms with Crippen LogP contribution in [0.3, 0.4) is 0 Å². The van der Waals surface area contributed by atoms with Gasteiger partial charge in [-0.3, -0.25) is 4.79 Å². The van der Waals surface area contributed by atoms with Crippen molar-refractivity contribution in [3.05, 3.63) is 47.1 Å². The van der Waals surface area contributed by atoms with Crippen LogP contribution in [0, 0.1) is 12.1 Å². The number of pyridine rings is 1. The number of carbonyl (C=O) groups is 2. The molecule has 20 heavy (non-hydrogen) atoms. The minimum absolute atomic E-state index is 0.183. The summed E-state index contributed by atoms with van der Waals surface area (Å²) in [6.07, 6.45) is 2.32. The molecule has 0 aliphatic heterocycles. The quantitative estimate of drug-likeness (QED) is 0.492. The van der Waals surface area contributed by atoms with Gasteiger partial charge in [-0.05, 0) is 6.92 Å². The van der Waals surface area contributed by atoms with Crippen molar-refractivity contribution in [2.24, 2.45) is 0 Å². The molecular formula is C12H11N3O5. The fourth-order valence-corrected chi connectivity index (χ4v) is 1.37. The van der Waals surface area contributed by atoms with Crippen molar-refractivity contribution in [1.29, 1.82) is 0 Å². The van der Waals surface area contributed by atoms with Crippen LogP contribution in [0.2, 0.25) is 0 Å². The summed E-state index contributed by atoms with van der Waals surface area (Å²) in [5, 5.41) is 16.8. The Morgan fingerprint density at radius 2 is 2.15 bits per heavy atom. The second-order valence-corrected chi connectivity index (χ2v) is 3.89. The van der Waals surface area contributed by atoms with Crippen molar-refractivity contribution in [1.82, 2.24) is 5.16 Å². The van der Waals surface area contributed by atoms with E-state index in [1.807, 2.05) is 0 Å². The number of rotatable bonds is 4. The van der Waals surface area contributed by atoms with E-state index < -0.39 is 18.5 Å². The van der Waals surface area contributed by atoms with Gasteiger partial charge in [0, 0.05) is 18.2 Å². The maximum atomic E-state index is 11.6. The fourth-order valence-electron chi connectivity index (χ4n) is 1.37. The van der Waals surface area contributed by atoms with Crippen LogP contribution in [0.5, 0.6) is 0 Å². The van der Waals surface area contributed by atoms with Gasteiger partial charge in [0.05, 0.1) is 5.56 Å². The molecule has 1 N–H and O–H groups in total. The summed E-state index contributed by atoms with van der Waals surface area (Å²) in [6, 6.07) is 4.13. The molecule has 0 fully saturated rings. The van der Waals surface area contributed by atoms with E-state index in [1.165, 1.54) is 18.2 Å². The number of hydrogen-bond acceptors (Lipinski definition) is 6. The minimum atomic E-state index is -0.697. The Labute approximate surface area is 113 Å². The van der Waals surface area contributed by atoms with Gasteiger partial charge in [-0.2, -0.15) is 4.73 Å². The van der Waals surface area contributed by atoms with Crippen LogP contribution in [0.25, 0.3) is 0 Å². The van der Waals surface area contributed by atoms with Gasteiger partial charge in [-0.15, -0.1) is 0 Å². The number of aryl methyl sites for hydroxylation is 1. The molecule has 0 unspecified atom stereocenters. The lowest BCUT2D eigenvalue weighted by Crippen LogP contribution is -2.25. The van der Waals surface area contributed by atoms with Gasteiger partial charge < -0.3 is 19.8 Å². The molecule has 8 heteroatoms. The van der Waals surface area contributed by atoms with Crippen LogP contribution in [0.15, 0.2) is 35.1 Å². The number of nitrogens with one attached hydrogen (secondary N) is 1. The van der Waals surface area contributed by atoms with E-state index in [1.54, 1.807) is 6.92 Å². The summed E-state index contributed by atoms with van der Waals surface area (Å²) in [5.41, 5.74) is 0.183. The van der Waals surface area contributed by atoms with E-state index in [0.29, 0.717) is 10.5 Å². The van der Waals surface area contributed by atoms with Gasteiger partial charge in [-0.25, -0.2) is 4.79 Å². The molecular weight excluding hydrogens is 266 g/mol. The first kappa shape index (κ1) is 13.5. The van der Waals surface area contributed by atoms with E-state index in [9.17, 15) is 14.8 Å². The Morgan fingerprint density at radius 3 is 2.75 bits per heavy atom. The number of nitrogens with zero attached hydrogens (tertiary/aromatic N) is 2. The molecule has 2 rings (SSSR count). The zero-order valence-electron chi connectivity index (χ0n) is 10.5. The highest BCUT2D eigenvalue weighted by Gasteiger charge is 2.12. The lowest BCUT2D eigenvalue weighted by Gasteiger charge is -2.04. The molecule has 0 atom stereocenters. The molecule has 0 aliphatic rings. The molecule has 8 nitrogen and oxygen atoms in total. The minimum Gasteiger partial charge on any atom is -0.619 e. The maximum absolute atomic E-state index is 11.6. The lowest BCUT2D eigenvalue weighted by atomic mass is 10.3. The van der Waals surface area contributed by atoms with E-state index in [0.717, 1.165) is 12.4 Å². The van der Waals surface area contributed by atoms with Crippen molar-refractivity contribution in [2.75, 3.05) is 11.9 Å². The molecule has 2 aromatic heterocycles. The topological polar surface area (TPSA) is 108 Å². The van der Waals surface area contributed by atoms with Crippen LogP contribution in [-0.2, 0) is 9.53 Å². The number of aromatic nitrogens is 2. The van der Waals surface area contributed by atoms with Crippen LogP contribution < -0.4 is 10.0 Å². The highest BCUT2D eigenvalue weighted by Crippen LogP contribution is 2.06. The number of hydrogen-bond donors (Lipinski definition) is 1. The monoisotopic (exact) mass is 277 g/mol. The molecule has 0 spiro atoms. The largest absolute Gasteiger partial charge is 0.619 e. The van der Waals surface area contributed by atoms with Crippen LogP contribution in [0.4, 0.5) is 5.82 Å². The first-order valence-corrected chi connectivity index (χ1v) is 5.64. The predicted octanol–water partition coefficient (Wildman–Crippen LogP) is 0.412. The molecule has 0 saturated heterocycles. The molecule has 2 heterocycles. The smallest absolute Gasteiger partial charge is 0.339 e. The third kappa shape index (κ3) is 3.55. The second kappa shape index (κ2) is 5.83. The molecule has 2 aromatic rings. The molecule has 0 saturated carbocycles. The van der Waals surface area contributed by atoms with Crippen molar-refractivity contribution in [3.63, 3.8) is 0 Å². The summed E-state index contributed by atoms with van der Waals surface area (Å²) >= 11 is 0. The second-order valence-electron chi connectivity index (χ2n) is 3.89. The van der Waals surface area contributed by atoms with E-state index in [4.69, 9.17) is 9.26 Å². The van der Waals surface area contributed by atoms with Gasteiger partial charge in [-0.1, -0.05) is 5.16 Å². The Balaban J connectivity index is 1.84. The van der Waals surface area contributed by atoms with Crippen molar-refractivity contribution in [3.8, 4) is 0 Å². The van der Waals surface area contributed by atoms with Crippen LogP contribution >= 0.6 is 0 Å². The average molecular weight is 277 g/mol. The first-order chi connectivity index (χ1) is 9.54. The highest BCUT2D eigenvalue weighted by molar-refractivity contribution is 5.94. The number of amides is 1. The van der Waals surface area contributed by atoms with Gasteiger partial charge in [0.1, 0.15) is 5.76 Å². The van der Waals surface area contributed by atoms with Gasteiger partial charge in [0.25, 0.3) is 5.91 Å². The number of esters is 1. The van der Waals surface area contributed by atoms with Crippen LogP contribution in [-0.4, -0.2) is 23.6 Å². The third-order valence-corrected chi connectivity index (χ3v) is 2.27. The highest BCUT2D eigenvalue weighted by atomic mass is 16.5. The standard InChI is InChI=1S/C12H11N3O5/c1-8-6-10(14-20-8)13-11(16)7-19-12(17)9-2-4-15(18)5-3-9/h2-6H,7H2,1H3,(H,13,14,16). The third-order valence-electron chi connectivity index (χ3n) is 2.27. The Kier molecular flexibility index (Phi) is 3.94. The predicted molar refractivity (Wildman–Crippen MR) is 65.6 cm³/mol. The van der Waals surface area contributed by atoms with Gasteiger partial charge >= 0.3 is 5.97 Å². The fraction of sp³-hybridized carbons (Fsp3) is 0.167. The van der Waals surface area contributed by atoms with Crippen LogP contribution in [0.1, 0.15) is 16.1 Å². The van der Waals surface area contributed by atoms with Crippen molar-refractivity contribution in [2.45, 2.75) is 6.92 Å². The summed E-state index contributed by atoms with van der Waals surface area (Å²) in [4.78, 5) is 23.1. The molecule has 0 aliphatic carbocycles. The zero-order valence-corrected chi connectivity index (χ0v) is 10.5. The Morgan fingerprint density at radius 1 is 1.45 bits per heavy atom. The first-order valence-electron chi connectivity index (χ1n) is 5.64. The van der Waals surface area contributed by atoms with E-state index >= 15 is 0 Å². The van der Waals surface area contributed by atoms with Gasteiger partial charge in [0.2, 0.25) is 0 Å². The van der Waals surface area contributed by atoms with E-state index in [2.05, 4.69) is 10.5 Å². The van der Waals surface area contributed by atoms with Crippen molar-refractivity contribution >= 4 is 17.7 Å². The number of anilines is 1. The van der Waals surface area contributed by atoms with Gasteiger partial charge in [0.15, 0.2) is 24.8 Å². The Bertz CT molecular complexity index is 620. The lowest BCUT2D eigenvalue weighted by molar-refractivity contribution is -0.605. The van der Waals surface area contributed by atoms with Crippen molar-refractivity contribution < 1.29 is 23.6 Å². The molecule has 0 radical (unpaired) electrons. The summed E-state index contributed by atoms with van der Waals surface area (Å²) in [5.74, 6) is -0.443. The molecule has 0 aromatic carbocycles. The SMILES string of the molecule is Cc1cc(NC(=O)COC(=O)c2cc[n+]([O-])cc2)no1. The molecule has 0 bridgehead atoms. The summed E-state index contributed by atoms with van der Waals surface area (Å²) in [7, 11) is 0. The maximum Gasteiger partial charge on any atom is 0.339 e. The zero-order chi connectivity index (χ0) is 14.5. The normalized spacial score (nSPS) is 10.1. The summed E-state index contributed by atoms with van der Waals surface area (Å²) < 4.78 is 10.1. The molecule has 104 valence electrons.